The Hall–Kier alpha value is -0.890. The van der Waals surface area contributed by atoms with Gasteiger partial charge in [-0.05, 0) is 111 Å². The maximum atomic E-state index is 12.3. The Kier molecular flexibility index (Phi) is 6.05. The highest BCUT2D eigenvalue weighted by atomic mass is 16.6. The first-order chi connectivity index (χ1) is 18.0. The SMILES string of the molecule is CNC(=O)OC(C)(C)[C@@H](O)[C@H]1C[C@@H](C)[C@H]2[C@H](O1)[C@H](O)[C@@]1(C)C3CC[C@H]4C(C)(C)C(O)CCC45CC35CCC21C. The first kappa shape index (κ1) is 28.2. The van der Waals surface area contributed by atoms with Crippen molar-refractivity contribution in [2.24, 2.45) is 50.7 Å². The molecule has 6 aliphatic rings. The molecule has 6 fully saturated rings. The summed E-state index contributed by atoms with van der Waals surface area (Å²) in [6.07, 6.45) is 5.24. The Bertz CT molecular complexity index is 1030. The molecule has 222 valence electrons. The Balaban J connectivity index is 1.31. The minimum Gasteiger partial charge on any atom is -0.441 e. The number of ether oxygens (including phenoxy) is 2. The van der Waals surface area contributed by atoms with Crippen LogP contribution in [0, 0.1) is 50.7 Å². The number of carbonyl (C=O) groups excluding carboxylic acids is 1. The predicted molar refractivity (Wildman–Crippen MR) is 148 cm³/mol. The largest absolute Gasteiger partial charge is 0.441 e. The molecule has 2 spiro atoms. The topological polar surface area (TPSA) is 108 Å². The third-order valence-corrected chi connectivity index (χ3v) is 14.4. The van der Waals surface area contributed by atoms with Crippen molar-refractivity contribution >= 4 is 6.09 Å². The van der Waals surface area contributed by atoms with Crippen LogP contribution >= 0.6 is 0 Å². The highest BCUT2D eigenvalue weighted by molar-refractivity contribution is 5.67. The molecule has 1 saturated heterocycles. The van der Waals surface area contributed by atoms with E-state index in [0.29, 0.717) is 23.7 Å². The molecule has 0 aromatic rings. The van der Waals surface area contributed by atoms with Crippen molar-refractivity contribution in [2.45, 2.75) is 136 Å². The summed E-state index contributed by atoms with van der Waals surface area (Å²) in [6.45, 7) is 15.1. The van der Waals surface area contributed by atoms with Crippen molar-refractivity contribution in [1.29, 1.82) is 0 Å². The number of alkyl carbamates (subject to hydrolysis) is 1. The summed E-state index contributed by atoms with van der Waals surface area (Å²) in [5.74, 6) is 1.48. The normalized spacial score (nSPS) is 54.2. The average molecular weight is 548 g/mol. The maximum Gasteiger partial charge on any atom is 0.407 e. The van der Waals surface area contributed by atoms with Crippen molar-refractivity contribution in [3.8, 4) is 0 Å². The summed E-state index contributed by atoms with van der Waals surface area (Å²) in [5.41, 5.74) is -0.914. The van der Waals surface area contributed by atoms with E-state index in [1.54, 1.807) is 13.8 Å². The van der Waals surface area contributed by atoms with E-state index >= 15 is 0 Å². The van der Waals surface area contributed by atoms with Crippen molar-refractivity contribution < 1.29 is 29.6 Å². The van der Waals surface area contributed by atoms with Gasteiger partial charge in [0.05, 0.1) is 24.4 Å². The van der Waals surface area contributed by atoms with E-state index in [4.69, 9.17) is 9.47 Å². The third-order valence-electron chi connectivity index (χ3n) is 14.4. The Morgan fingerprint density at radius 3 is 2.33 bits per heavy atom. The van der Waals surface area contributed by atoms with Crippen molar-refractivity contribution in [1.82, 2.24) is 5.32 Å². The summed E-state index contributed by atoms with van der Waals surface area (Å²) in [7, 11) is 1.51. The van der Waals surface area contributed by atoms with Crippen molar-refractivity contribution in [3.05, 3.63) is 0 Å². The smallest absolute Gasteiger partial charge is 0.407 e. The molecule has 1 heterocycles. The van der Waals surface area contributed by atoms with Crippen molar-refractivity contribution in [2.75, 3.05) is 7.05 Å². The van der Waals surface area contributed by atoms with Gasteiger partial charge in [0.15, 0.2) is 0 Å². The quantitative estimate of drug-likeness (QED) is 0.410. The van der Waals surface area contributed by atoms with Crippen LogP contribution in [0.5, 0.6) is 0 Å². The molecular weight excluding hydrogens is 494 g/mol. The van der Waals surface area contributed by atoms with Gasteiger partial charge in [0.25, 0.3) is 0 Å². The molecule has 6 rings (SSSR count). The summed E-state index contributed by atoms with van der Waals surface area (Å²) < 4.78 is 12.2. The molecule has 0 bridgehead atoms. The molecule has 39 heavy (non-hydrogen) atoms. The number of nitrogens with one attached hydrogen (secondary N) is 1. The molecule has 4 N–H and O–H groups in total. The highest BCUT2D eigenvalue weighted by Gasteiger charge is 2.84. The lowest BCUT2D eigenvalue weighted by Crippen LogP contribution is -2.59. The molecule has 1 amide bonds. The molecule has 0 aromatic carbocycles. The first-order valence-corrected chi connectivity index (χ1v) is 15.6. The second-order valence-electron chi connectivity index (χ2n) is 16.3. The van der Waals surface area contributed by atoms with Gasteiger partial charge in [-0.25, -0.2) is 4.79 Å². The molecule has 5 aliphatic carbocycles. The number of fused-ring (bicyclic) bond motifs is 4. The van der Waals surface area contributed by atoms with Gasteiger partial charge in [0.2, 0.25) is 0 Å². The van der Waals surface area contributed by atoms with Crippen LogP contribution in [0.1, 0.15) is 99.8 Å². The number of carbonyl (C=O) groups is 1. The van der Waals surface area contributed by atoms with E-state index in [-0.39, 0.29) is 45.7 Å². The predicted octanol–water partition coefficient (Wildman–Crippen LogP) is 4.66. The molecule has 7 heteroatoms. The summed E-state index contributed by atoms with van der Waals surface area (Å²) >= 11 is 0. The third kappa shape index (κ3) is 3.28. The lowest BCUT2D eigenvalue weighted by molar-refractivity contribution is -0.202. The lowest BCUT2D eigenvalue weighted by Gasteiger charge is -2.63. The summed E-state index contributed by atoms with van der Waals surface area (Å²) in [4.78, 5) is 12.0. The van der Waals surface area contributed by atoms with E-state index in [1.807, 2.05) is 0 Å². The van der Waals surface area contributed by atoms with Gasteiger partial charge in [-0.1, -0.05) is 34.6 Å². The van der Waals surface area contributed by atoms with Gasteiger partial charge in [0, 0.05) is 12.5 Å². The minimum atomic E-state index is -1.12. The molecule has 5 saturated carbocycles. The summed E-state index contributed by atoms with van der Waals surface area (Å²) in [6, 6.07) is 0. The van der Waals surface area contributed by atoms with Gasteiger partial charge >= 0.3 is 6.09 Å². The monoisotopic (exact) mass is 547 g/mol. The second kappa shape index (κ2) is 8.35. The Labute approximate surface area is 234 Å². The van der Waals surface area contributed by atoms with Crippen LogP contribution in [0.3, 0.4) is 0 Å². The number of hydrogen-bond donors (Lipinski definition) is 4. The zero-order valence-electron chi connectivity index (χ0n) is 25.4. The average Bonchev–Trinajstić information content (AvgIpc) is 3.50. The highest BCUT2D eigenvalue weighted by Crippen LogP contribution is 2.89. The van der Waals surface area contributed by atoms with E-state index in [9.17, 15) is 20.1 Å². The van der Waals surface area contributed by atoms with E-state index < -0.39 is 30.0 Å². The molecule has 13 atom stereocenters. The number of aliphatic hydroxyl groups is 3. The van der Waals surface area contributed by atoms with Crippen LogP contribution < -0.4 is 5.32 Å². The van der Waals surface area contributed by atoms with E-state index in [2.05, 4.69) is 39.9 Å². The maximum absolute atomic E-state index is 12.3. The van der Waals surface area contributed by atoms with Crippen LogP contribution in [0.15, 0.2) is 0 Å². The van der Waals surface area contributed by atoms with Gasteiger partial charge in [-0.15, -0.1) is 0 Å². The van der Waals surface area contributed by atoms with Crippen LogP contribution in [0.4, 0.5) is 4.79 Å². The Morgan fingerprint density at radius 1 is 1.03 bits per heavy atom. The van der Waals surface area contributed by atoms with Gasteiger partial charge in [0.1, 0.15) is 11.7 Å². The van der Waals surface area contributed by atoms with Gasteiger partial charge in [-0.2, -0.15) is 0 Å². The zero-order valence-corrected chi connectivity index (χ0v) is 25.4. The zero-order chi connectivity index (χ0) is 28.6. The fraction of sp³-hybridized carbons (Fsp3) is 0.969. The first-order valence-electron chi connectivity index (χ1n) is 15.6. The van der Waals surface area contributed by atoms with Crippen LogP contribution in [-0.2, 0) is 9.47 Å². The van der Waals surface area contributed by atoms with Crippen molar-refractivity contribution in [3.63, 3.8) is 0 Å². The van der Waals surface area contributed by atoms with Crippen LogP contribution in [0.2, 0.25) is 0 Å². The fourth-order valence-corrected chi connectivity index (χ4v) is 12.3. The number of amides is 1. The van der Waals surface area contributed by atoms with E-state index in [1.165, 1.54) is 19.9 Å². The van der Waals surface area contributed by atoms with Gasteiger partial charge in [-0.3, -0.25) is 0 Å². The fourth-order valence-electron chi connectivity index (χ4n) is 12.3. The number of aliphatic hydroxyl groups excluding tert-OH is 3. The summed E-state index contributed by atoms with van der Waals surface area (Å²) in [5, 5.41) is 37.1. The number of hydrogen-bond acceptors (Lipinski definition) is 6. The van der Waals surface area contributed by atoms with Gasteiger partial charge < -0.3 is 30.1 Å². The lowest BCUT2D eigenvalue weighted by atomic mass is 9.41. The molecular formula is C32H53NO6. The van der Waals surface area contributed by atoms with Crippen LogP contribution in [-0.4, -0.2) is 64.6 Å². The Morgan fingerprint density at radius 2 is 1.67 bits per heavy atom. The molecule has 0 aromatic heterocycles. The molecule has 0 radical (unpaired) electrons. The standard InChI is InChI=1S/C32H53NO6/c1-17-15-18(24(35)28(4,5)39-26(37)33-8)38-23-22(17)29(6)13-14-32-16-31(32)12-11-21(34)27(2,3)19(31)9-10-20(32)30(29,7)25(23)36/h17-25,34-36H,9-16H2,1-8H3,(H,33,37)/t17-,18-,19+,20?,21?,22+,23+,24+,25+,29?,30-,31?,32?/m1/s1. The molecule has 1 aliphatic heterocycles. The second-order valence-corrected chi connectivity index (χ2v) is 16.3. The molecule has 7 nitrogen and oxygen atoms in total. The van der Waals surface area contributed by atoms with Crippen LogP contribution in [0.25, 0.3) is 0 Å². The van der Waals surface area contributed by atoms with E-state index in [0.717, 1.165) is 32.1 Å². The number of rotatable bonds is 3. The minimum absolute atomic E-state index is 0.0449. The molecule has 5 unspecified atom stereocenters.